The van der Waals surface area contributed by atoms with Crippen LogP contribution in [-0.2, 0) is 6.54 Å². The second kappa shape index (κ2) is 6.16. The van der Waals surface area contributed by atoms with Crippen LogP contribution in [0.5, 0.6) is 5.88 Å². The maximum atomic E-state index is 5.89. The highest BCUT2D eigenvalue weighted by atomic mass is 16.5. The summed E-state index contributed by atoms with van der Waals surface area (Å²) in [6.45, 7) is 3.89. The monoisotopic (exact) mass is 249 g/mol. The van der Waals surface area contributed by atoms with Gasteiger partial charge in [0.25, 0.3) is 0 Å². The van der Waals surface area contributed by atoms with Crippen LogP contribution in [0, 0.1) is 0 Å². The average molecular weight is 249 g/mol. The first-order chi connectivity index (χ1) is 8.76. The minimum atomic E-state index is 0.485. The fourth-order valence-electron chi connectivity index (χ4n) is 2.80. The number of nitrogens with two attached hydrogens (primary N) is 1. The van der Waals surface area contributed by atoms with E-state index in [-0.39, 0.29) is 0 Å². The number of nitrogens with zero attached hydrogens (tertiary/aromatic N) is 2. The molecule has 0 aliphatic carbocycles. The van der Waals surface area contributed by atoms with Gasteiger partial charge in [0.1, 0.15) is 0 Å². The maximum absolute atomic E-state index is 5.89. The Labute approximate surface area is 109 Å². The molecule has 0 saturated carbocycles. The van der Waals surface area contributed by atoms with Crippen LogP contribution in [0.3, 0.4) is 0 Å². The molecule has 0 aromatic carbocycles. The molecular weight excluding hydrogens is 226 g/mol. The molecule has 2 unspecified atom stereocenters. The number of methoxy groups -OCH3 is 1. The molecule has 2 N–H and O–H groups in total. The molecule has 2 atom stereocenters. The van der Waals surface area contributed by atoms with E-state index in [1.165, 1.54) is 19.3 Å². The molecule has 1 aromatic rings. The lowest BCUT2D eigenvalue weighted by Crippen LogP contribution is -2.48. The Hall–Kier alpha value is -1.13. The van der Waals surface area contributed by atoms with Crippen molar-refractivity contribution in [1.82, 2.24) is 9.88 Å². The van der Waals surface area contributed by atoms with E-state index < -0.39 is 0 Å². The summed E-state index contributed by atoms with van der Waals surface area (Å²) in [4.78, 5) is 6.75. The summed E-state index contributed by atoms with van der Waals surface area (Å²) in [5.74, 6) is 0.728. The van der Waals surface area contributed by atoms with Gasteiger partial charge in [-0.25, -0.2) is 4.98 Å². The molecule has 1 aliphatic heterocycles. The average Bonchev–Trinajstić information content (AvgIpc) is 2.41. The first-order valence-electron chi connectivity index (χ1n) is 6.70. The lowest BCUT2D eigenvalue weighted by atomic mass is 9.96. The normalized spacial score (nSPS) is 25.1. The van der Waals surface area contributed by atoms with E-state index in [0.29, 0.717) is 12.1 Å². The first-order valence-corrected chi connectivity index (χ1v) is 6.70. The molecule has 0 amide bonds. The van der Waals surface area contributed by atoms with Gasteiger partial charge in [0.15, 0.2) is 0 Å². The number of aromatic nitrogens is 1. The fourth-order valence-corrected chi connectivity index (χ4v) is 2.80. The standard InChI is InChI=1S/C14H23N3O/c1-11-5-3-7-13(9-15)17(11)10-12-6-4-8-16-14(12)18-2/h4,6,8,11,13H,3,5,7,9-10,15H2,1-2H3. The molecule has 4 heteroatoms. The minimum absolute atomic E-state index is 0.485. The van der Waals surface area contributed by atoms with E-state index in [2.05, 4.69) is 22.9 Å². The Kier molecular flexibility index (Phi) is 4.55. The second-order valence-electron chi connectivity index (χ2n) is 5.01. The van der Waals surface area contributed by atoms with Crippen molar-refractivity contribution in [3.8, 4) is 5.88 Å². The van der Waals surface area contributed by atoms with E-state index >= 15 is 0 Å². The molecule has 100 valence electrons. The van der Waals surface area contributed by atoms with Crippen LogP contribution in [0.1, 0.15) is 31.7 Å². The van der Waals surface area contributed by atoms with E-state index in [1.54, 1.807) is 13.3 Å². The van der Waals surface area contributed by atoms with Crippen molar-refractivity contribution in [1.29, 1.82) is 0 Å². The number of hydrogen-bond donors (Lipinski definition) is 1. The van der Waals surface area contributed by atoms with Crippen molar-refractivity contribution in [3.63, 3.8) is 0 Å². The van der Waals surface area contributed by atoms with Gasteiger partial charge in [-0.05, 0) is 25.8 Å². The van der Waals surface area contributed by atoms with Crippen LogP contribution in [-0.4, -0.2) is 35.6 Å². The summed E-state index contributed by atoms with van der Waals surface area (Å²) in [5.41, 5.74) is 7.04. The minimum Gasteiger partial charge on any atom is -0.481 e. The van der Waals surface area contributed by atoms with Gasteiger partial charge >= 0.3 is 0 Å². The number of rotatable bonds is 4. The maximum Gasteiger partial charge on any atom is 0.217 e. The molecule has 0 spiro atoms. The topological polar surface area (TPSA) is 51.4 Å². The van der Waals surface area contributed by atoms with Crippen LogP contribution < -0.4 is 10.5 Å². The largest absolute Gasteiger partial charge is 0.481 e. The summed E-state index contributed by atoms with van der Waals surface area (Å²) in [6.07, 6.45) is 5.49. The van der Waals surface area contributed by atoms with Crippen molar-refractivity contribution in [2.45, 2.75) is 44.8 Å². The van der Waals surface area contributed by atoms with Gasteiger partial charge in [-0.1, -0.05) is 12.5 Å². The number of pyridine rings is 1. The van der Waals surface area contributed by atoms with Crippen molar-refractivity contribution < 1.29 is 4.74 Å². The second-order valence-corrected chi connectivity index (χ2v) is 5.01. The number of piperidine rings is 1. The molecule has 2 rings (SSSR count). The first kappa shape index (κ1) is 13.3. The van der Waals surface area contributed by atoms with Gasteiger partial charge in [0.2, 0.25) is 5.88 Å². The zero-order valence-corrected chi connectivity index (χ0v) is 11.3. The Balaban J connectivity index is 2.14. The van der Waals surface area contributed by atoms with Crippen LogP contribution >= 0.6 is 0 Å². The molecule has 1 aliphatic rings. The van der Waals surface area contributed by atoms with E-state index in [1.807, 2.05) is 6.07 Å². The predicted octanol–water partition coefficient (Wildman–Crippen LogP) is 1.79. The smallest absolute Gasteiger partial charge is 0.217 e. The molecule has 1 aromatic heterocycles. The Morgan fingerprint density at radius 1 is 1.50 bits per heavy atom. The summed E-state index contributed by atoms with van der Waals surface area (Å²) in [7, 11) is 1.67. The van der Waals surface area contributed by atoms with Crippen molar-refractivity contribution in [2.75, 3.05) is 13.7 Å². The summed E-state index contributed by atoms with van der Waals surface area (Å²) in [5, 5.41) is 0. The van der Waals surface area contributed by atoms with Crippen LogP contribution in [0.2, 0.25) is 0 Å². The quantitative estimate of drug-likeness (QED) is 0.884. The lowest BCUT2D eigenvalue weighted by Gasteiger charge is -2.40. The Morgan fingerprint density at radius 2 is 2.33 bits per heavy atom. The summed E-state index contributed by atoms with van der Waals surface area (Å²) < 4.78 is 5.32. The van der Waals surface area contributed by atoms with Crippen molar-refractivity contribution in [3.05, 3.63) is 23.9 Å². The Bertz CT molecular complexity index is 383. The van der Waals surface area contributed by atoms with Gasteiger partial charge in [-0.2, -0.15) is 0 Å². The molecule has 4 nitrogen and oxygen atoms in total. The lowest BCUT2D eigenvalue weighted by molar-refractivity contribution is 0.0881. The number of ether oxygens (including phenoxy) is 1. The molecule has 0 radical (unpaired) electrons. The molecule has 1 saturated heterocycles. The van der Waals surface area contributed by atoms with Crippen molar-refractivity contribution >= 4 is 0 Å². The molecule has 1 fully saturated rings. The van der Waals surface area contributed by atoms with Crippen molar-refractivity contribution in [2.24, 2.45) is 5.73 Å². The zero-order chi connectivity index (χ0) is 13.0. The van der Waals surface area contributed by atoms with E-state index in [0.717, 1.165) is 24.5 Å². The van der Waals surface area contributed by atoms with Crippen LogP contribution in [0.4, 0.5) is 0 Å². The highest BCUT2D eigenvalue weighted by Gasteiger charge is 2.27. The molecule has 18 heavy (non-hydrogen) atoms. The SMILES string of the molecule is COc1ncccc1CN1C(C)CCCC1CN. The zero-order valence-electron chi connectivity index (χ0n) is 11.3. The summed E-state index contributed by atoms with van der Waals surface area (Å²) in [6, 6.07) is 5.11. The van der Waals surface area contributed by atoms with Gasteiger partial charge < -0.3 is 10.5 Å². The number of hydrogen-bond acceptors (Lipinski definition) is 4. The molecule has 2 heterocycles. The third-order valence-electron chi connectivity index (χ3n) is 3.86. The van der Waals surface area contributed by atoms with Gasteiger partial charge in [-0.15, -0.1) is 0 Å². The van der Waals surface area contributed by atoms with Crippen LogP contribution in [0.15, 0.2) is 18.3 Å². The van der Waals surface area contributed by atoms with E-state index in [9.17, 15) is 0 Å². The molecule has 0 bridgehead atoms. The van der Waals surface area contributed by atoms with Gasteiger partial charge in [0.05, 0.1) is 7.11 Å². The summed E-state index contributed by atoms with van der Waals surface area (Å²) >= 11 is 0. The number of likely N-dealkylation sites (tertiary alicyclic amines) is 1. The van der Waals surface area contributed by atoms with Gasteiger partial charge in [0, 0.05) is 36.9 Å². The molecular formula is C14H23N3O. The fraction of sp³-hybridized carbons (Fsp3) is 0.643. The van der Waals surface area contributed by atoms with E-state index in [4.69, 9.17) is 10.5 Å². The predicted molar refractivity (Wildman–Crippen MR) is 72.5 cm³/mol. The highest BCUT2D eigenvalue weighted by Crippen LogP contribution is 2.26. The van der Waals surface area contributed by atoms with Gasteiger partial charge in [-0.3, -0.25) is 4.90 Å². The third kappa shape index (κ3) is 2.82. The third-order valence-corrected chi connectivity index (χ3v) is 3.86. The van der Waals surface area contributed by atoms with Crippen LogP contribution in [0.25, 0.3) is 0 Å². The Morgan fingerprint density at radius 3 is 3.06 bits per heavy atom. The highest BCUT2D eigenvalue weighted by molar-refractivity contribution is 5.25.